The van der Waals surface area contributed by atoms with Crippen LogP contribution in [0.25, 0.3) is 0 Å². The van der Waals surface area contributed by atoms with Gasteiger partial charge in [0.1, 0.15) is 0 Å². The van der Waals surface area contributed by atoms with Gasteiger partial charge in [-0.2, -0.15) is 5.10 Å². The third-order valence-electron chi connectivity index (χ3n) is 2.97. The predicted molar refractivity (Wildman–Crippen MR) is 76.6 cm³/mol. The number of benzene rings is 1. The lowest BCUT2D eigenvalue weighted by Crippen LogP contribution is -2.13. The third kappa shape index (κ3) is 2.93. The first-order valence-electron chi connectivity index (χ1n) is 6.26. The molecule has 0 fully saturated rings. The molecule has 1 amide bonds. The maximum Gasteiger partial charge on any atom is 0.256 e. The number of amides is 1. The minimum absolute atomic E-state index is 0.115. The number of hydrogen-bond acceptors (Lipinski definition) is 3. The van der Waals surface area contributed by atoms with Gasteiger partial charge in [-0.25, -0.2) is 0 Å². The van der Waals surface area contributed by atoms with Gasteiger partial charge < -0.3 is 10.6 Å². The molecule has 2 N–H and O–H groups in total. The fourth-order valence-electron chi connectivity index (χ4n) is 1.87. The van der Waals surface area contributed by atoms with Crippen molar-refractivity contribution in [2.45, 2.75) is 20.4 Å². The van der Waals surface area contributed by atoms with Crippen LogP contribution in [0.2, 0.25) is 0 Å². The zero-order valence-electron chi connectivity index (χ0n) is 11.4. The zero-order chi connectivity index (χ0) is 13.8. The van der Waals surface area contributed by atoms with Crippen LogP contribution in [0.1, 0.15) is 22.8 Å². The topological polar surface area (TPSA) is 59.0 Å². The van der Waals surface area contributed by atoms with Crippen LogP contribution in [0.4, 0.5) is 11.4 Å². The van der Waals surface area contributed by atoms with Crippen molar-refractivity contribution in [3.8, 4) is 0 Å². The number of rotatable bonds is 4. The molecule has 0 saturated heterocycles. The van der Waals surface area contributed by atoms with Crippen molar-refractivity contribution < 1.29 is 4.79 Å². The number of anilines is 2. The Morgan fingerprint density at radius 3 is 2.74 bits per heavy atom. The highest BCUT2D eigenvalue weighted by Gasteiger charge is 2.10. The highest BCUT2D eigenvalue weighted by molar-refractivity contribution is 6.05. The molecule has 0 bridgehead atoms. The molecule has 5 nitrogen and oxygen atoms in total. The molecule has 0 aliphatic heterocycles. The summed E-state index contributed by atoms with van der Waals surface area (Å²) < 4.78 is 1.77. The standard InChI is InChI=1S/C14H18N4O/c1-4-18-9-12(8-16-18)17-14(19)13-6-5-11(15-3)7-10(13)2/h5-9,15H,4H2,1-3H3,(H,17,19). The Balaban J connectivity index is 2.15. The van der Waals surface area contributed by atoms with Crippen LogP contribution < -0.4 is 10.6 Å². The summed E-state index contributed by atoms with van der Waals surface area (Å²) in [6, 6.07) is 5.66. The maximum absolute atomic E-state index is 12.2. The highest BCUT2D eigenvalue weighted by atomic mass is 16.1. The summed E-state index contributed by atoms with van der Waals surface area (Å²) in [7, 11) is 1.85. The molecule has 2 rings (SSSR count). The lowest BCUT2D eigenvalue weighted by atomic mass is 10.1. The van der Waals surface area contributed by atoms with Gasteiger partial charge in [0.15, 0.2) is 0 Å². The van der Waals surface area contributed by atoms with Crippen molar-refractivity contribution in [2.75, 3.05) is 17.7 Å². The van der Waals surface area contributed by atoms with Gasteiger partial charge in [-0.1, -0.05) is 0 Å². The first kappa shape index (κ1) is 13.1. The van der Waals surface area contributed by atoms with E-state index in [1.807, 2.05) is 45.3 Å². The van der Waals surface area contributed by atoms with Crippen molar-refractivity contribution in [1.82, 2.24) is 9.78 Å². The number of nitrogens with one attached hydrogen (secondary N) is 2. The van der Waals surface area contributed by atoms with Gasteiger partial charge >= 0.3 is 0 Å². The number of carbonyl (C=O) groups is 1. The lowest BCUT2D eigenvalue weighted by molar-refractivity contribution is 0.102. The van der Waals surface area contributed by atoms with Crippen LogP contribution >= 0.6 is 0 Å². The largest absolute Gasteiger partial charge is 0.388 e. The van der Waals surface area contributed by atoms with Crippen molar-refractivity contribution in [2.24, 2.45) is 0 Å². The summed E-state index contributed by atoms with van der Waals surface area (Å²) in [5.41, 5.74) is 3.31. The number of aryl methyl sites for hydroxylation is 2. The molecular weight excluding hydrogens is 240 g/mol. The maximum atomic E-state index is 12.2. The van der Waals surface area contributed by atoms with E-state index >= 15 is 0 Å². The Labute approximate surface area is 112 Å². The predicted octanol–water partition coefficient (Wildman–Crippen LogP) is 2.51. The van der Waals surface area contributed by atoms with Gasteiger partial charge in [-0.15, -0.1) is 0 Å². The molecular formula is C14H18N4O. The summed E-state index contributed by atoms with van der Waals surface area (Å²) in [5.74, 6) is -0.115. The number of hydrogen-bond donors (Lipinski definition) is 2. The second-order valence-corrected chi connectivity index (χ2v) is 4.32. The molecule has 1 aromatic heterocycles. The number of carbonyl (C=O) groups excluding carboxylic acids is 1. The van der Waals surface area contributed by atoms with Crippen LogP contribution in [-0.2, 0) is 6.54 Å². The summed E-state index contributed by atoms with van der Waals surface area (Å²) in [5, 5.41) is 10.0. The van der Waals surface area contributed by atoms with Gasteiger partial charge in [0.25, 0.3) is 5.91 Å². The summed E-state index contributed by atoms with van der Waals surface area (Å²) in [4.78, 5) is 12.2. The average Bonchev–Trinajstić information content (AvgIpc) is 2.86. The van der Waals surface area contributed by atoms with Crippen LogP contribution in [0.3, 0.4) is 0 Å². The van der Waals surface area contributed by atoms with Gasteiger partial charge in [0, 0.05) is 31.0 Å². The summed E-state index contributed by atoms with van der Waals surface area (Å²) >= 11 is 0. The smallest absolute Gasteiger partial charge is 0.256 e. The lowest BCUT2D eigenvalue weighted by Gasteiger charge is -2.08. The molecule has 19 heavy (non-hydrogen) atoms. The number of nitrogens with zero attached hydrogens (tertiary/aromatic N) is 2. The first-order valence-corrected chi connectivity index (χ1v) is 6.26. The Morgan fingerprint density at radius 1 is 1.37 bits per heavy atom. The highest BCUT2D eigenvalue weighted by Crippen LogP contribution is 2.16. The van der Waals surface area contributed by atoms with E-state index in [0.29, 0.717) is 11.3 Å². The molecule has 0 radical (unpaired) electrons. The van der Waals surface area contributed by atoms with E-state index in [0.717, 1.165) is 17.8 Å². The molecule has 5 heteroatoms. The van der Waals surface area contributed by atoms with Crippen molar-refractivity contribution in [3.63, 3.8) is 0 Å². The first-order chi connectivity index (χ1) is 9.13. The quantitative estimate of drug-likeness (QED) is 0.885. The van der Waals surface area contributed by atoms with Crippen molar-refractivity contribution in [1.29, 1.82) is 0 Å². The Morgan fingerprint density at radius 2 is 2.16 bits per heavy atom. The minimum Gasteiger partial charge on any atom is -0.388 e. The van der Waals surface area contributed by atoms with E-state index in [1.54, 1.807) is 10.9 Å². The van der Waals surface area contributed by atoms with E-state index in [2.05, 4.69) is 15.7 Å². The third-order valence-corrected chi connectivity index (χ3v) is 2.97. The summed E-state index contributed by atoms with van der Waals surface area (Å²) in [6.45, 7) is 4.70. The molecule has 0 atom stereocenters. The average molecular weight is 258 g/mol. The van der Waals surface area contributed by atoms with Gasteiger partial charge in [-0.05, 0) is 37.6 Å². The summed E-state index contributed by atoms with van der Waals surface area (Å²) in [6.07, 6.45) is 3.47. The van der Waals surface area contributed by atoms with E-state index in [1.165, 1.54) is 0 Å². The number of aromatic nitrogens is 2. The minimum atomic E-state index is -0.115. The van der Waals surface area contributed by atoms with E-state index < -0.39 is 0 Å². The van der Waals surface area contributed by atoms with Gasteiger partial charge in [0.05, 0.1) is 11.9 Å². The molecule has 0 unspecified atom stereocenters. The molecule has 0 aliphatic carbocycles. The monoisotopic (exact) mass is 258 g/mol. The Bertz CT molecular complexity index is 589. The Hall–Kier alpha value is -2.30. The van der Waals surface area contributed by atoms with Crippen LogP contribution in [0.15, 0.2) is 30.6 Å². The molecule has 1 heterocycles. The van der Waals surface area contributed by atoms with E-state index in [9.17, 15) is 4.79 Å². The molecule has 0 spiro atoms. The fraction of sp³-hybridized carbons (Fsp3) is 0.286. The van der Waals surface area contributed by atoms with Gasteiger partial charge in [-0.3, -0.25) is 9.48 Å². The van der Waals surface area contributed by atoms with Crippen LogP contribution in [0, 0.1) is 6.92 Å². The van der Waals surface area contributed by atoms with E-state index in [4.69, 9.17) is 0 Å². The van der Waals surface area contributed by atoms with Crippen molar-refractivity contribution in [3.05, 3.63) is 41.7 Å². The Kier molecular flexibility index (Phi) is 3.85. The van der Waals surface area contributed by atoms with Crippen LogP contribution in [0.5, 0.6) is 0 Å². The van der Waals surface area contributed by atoms with Crippen LogP contribution in [-0.4, -0.2) is 22.7 Å². The molecule has 100 valence electrons. The SMILES string of the molecule is CCn1cc(NC(=O)c2ccc(NC)cc2C)cn1. The normalized spacial score (nSPS) is 10.3. The molecule has 0 aliphatic rings. The molecule has 2 aromatic rings. The second kappa shape index (κ2) is 5.56. The second-order valence-electron chi connectivity index (χ2n) is 4.32. The van der Waals surface area contributed by atoms with Crippen molar-refractivity contribution >= 4 is 17.3 Å². The fourth-order valence-corrected chi connectivity index (χ4v) is 1.87. The van der Waals surface area contributed by atoms with E-state index in [-0.39, 0.29) is 5.91 Å². The molecule has 1 aromatic carbocycles. The zero-order valence-corrected chi connectivity index (χ0v) is 11.4. The van der Waals surface area contributed by atoms with Gasteiger partial charge in [0.2, 0.25) is 0 Å². The molecule has 0 saturated carbocycles.